The van der Waals surface area contributed by atoms with Crippen LogP contribution in [0.3, 0.4) is 0 Å². The van der Waals surface area contributed by atoms with E-state index in [1.165, 1.54) is 0 Å². The summed E-state index contributed by atoms with van der Waals surface area (Å²) in [6.07, 6.45) is 0. The van der Waals surface area contributed by atoms with Gasteiger partial charge in [0, 0.05) is 7.05 Å². The van der Waals surface area contributed by atoms with E-state index in [-0.39, 0.29) is 0 Å². The van der Waals surface area contributed by atoms with E-state index in [1.54, 1.807) is 6.92 Å². The Morgan fingerprint density at radius 1 is 1.50 bits per heavy atom. The molecule has 0 aliphatic carbocycles. The number of rotatable bonds is 2. The number of nitrogens with zero attached hydrogens (tertiary/aromatic N) is 2. The smallest absolute Gasteiger partial charge is 0.313 e. The normalized spacial score (nSPS) is 12.9. The molecule has 0 radical (unpaired) electrons. The van der Waals surface area contributed by atoms with Crippen LogP contribution in [-0.4, -0.2) is 20.6 Å². The van der Waals surface area contributed by atoms with E-state index in [9.17, 15) is 4.79 Å². The average Bonchev–Trinajstić information content (AvgIpc) is 2.56. The molecule has 0 saturated heterocycles. The van der Waals surface area contributed by atoms with Crippen LogP contribution in [0.15, 0.2) is 18.2 Å². The Labute approximate surface area is 93.5 Å². The van der Waals surface area contributed by atoms with Crippen LogP contribution >= 0.6 is 0 Å². The molecule has 0 bridgehead atoms. The fourth-order valence-electron chi connectivity index (χ4n) is 1.98. The van der Waals surface area contributed by atoms with Gasteiger partial charge in [0.2, 0.25) is 0 Å². The second-order valence-corrected chi connectivity index (χ2v) is 4.03. The van der Waals surface area contributed by atoms with Crippen LogP contribution in [0.1, 0.15) is 24.2 Å². The van der Waals surface area contributed by atoms with Crippen molar-refractivity contribution < 1.29 is 9.90 Å². The molecule has 0 saturated carbocycles. The lowest BCUT2D eigenvalue weighted by Crippen LogP contribution is -2.12. The molecule has 2 aromatic rings. The van der Waals surface area contributed by atoms with Crippen molar-refractivity contribution in [1.29, 1.82) is 0 Å². The largest absolute Gasteiger partial charge is 0.481 e. The maximum absolute atomic E-state index is 11.0. The highest BCUT2D eigenvalue weighted by molar-refractivity contribution is 5.82. The van der Waals surface area contributed by atoms with Crippen LogP contribution in [0.2, 0.25) is 0 Å². The van der Waals surface area contributed by atoms with Crippen LogP contribution < -0.4 is 0 Å². The van der Waals surface area contributed by atoms with E-state index in [0.717, 1.165) is 16.6 Å². The zero-order valence-corrected chi connectivity index (χ0v) is 9.56. The molecule has 16 heavy (non-hydrogen) atoms. The van der Waals surface area contributed by atoms with E-state index >= 15 is 0 Å². The van der Waals surface area contributed by atoms with Crippen molar-refractivity contribution >= 4 is 17.0 Å². The lowest BCUT2D eigenvalue weighted by molar-refractivity contribution is -0.138. The van der Waals surface area contributed by atoms with Gasteiger partial charge in [-0.15, -0.1) is 0 Å². The SMILES string of the molecule is Cc1cccc2nc(C(C)C(=O)O)n(C)c12. The number of imidazole rings is 1. The summed E-state index contributed by atoms with van der Waals surface area (Å²) >= 11 is 0. The van der Waals surface area contributed by atoms with Crippen LogP contribution in [0.4, 0.5) is 0 Å². The summed E-state index contributed by atoms with van der Waals surface area (Å²) in [6.45, 7) is 3.65. The predicted molar refractivity (Wildman–Crippen MR) is 61.5 cm³/mol. The van der Waals surface area contributed by atoms with Crippen molar-refractivity contribution in [3.8, 4) is 0 Å². The van der Waals surface area contributed by atoms with Gasteiger partial charge < -0.3 is 9.67 Å². The zero-order valence-electron chi connectivity index (χ0n) is 9.56. The average molecular weight is 218 g/mol. The number of hydrogen-bond donors (Lipinski definition) is 1. The van der Waals surface area contributed by atoms with Gasteiger partial charge in [-0.05, 0) is 25.5 Å². The Hall–Kier alpha value is -1.84. The molecular formula is C12H14N2O2. The fraction of sp³-hybridized carbons (Fsp3) is 0.333. The molecule has 1 aromatic heterocycles. The third-order valence-corrected chi connectivity index (χ3v) is 2.89. The van der Waals surface area contributed by atoms with E-state index < -0.39 is 11.9 Å². The summed E-state index contributed by atoms with van der Waals surface area (Å²) in [5.41, 5.74) is 2.97. The van der Waals surface area contributed by atoms with Gasteiger partial charge in [0.05, 0.1) is 11.0 Å². The minimum absolute atomic E-state index is 0.586. The van der Waals surface area contributed by atoms with Gasteiger partial charge in [0.1, 0.15) is 11.7 Å². The Kier molecular flexibility index (Phi) is 2.42. The molecule has 0 spiro atoms. The summed E-state index contributed by atoms with van der Waals surface area (Å²) in [5, 5.41) is 9.00. The van der Waals surface area contributed by atoms with E-state index in [2.05, 4.69) is 4.98 Å². The Morgan fingerprint density at radius 2 is 2.19 bits per heavy atom. The Morgan fingerprint density at radius 3 is 2.75 bits per heavy atom. The van der Waals surface area contributed by atoms with Gasteiger partial charge in [0.25, 0.3) is 0 Å². The van der Waals surface area contributed by atoms with Gasteiger partial charge in [-0.3, -0.25) is 4.79 Å². The minimum Gasteiger partial charge on any atom is -0.481 e. The quantitative estimate of drug-likeness (QED) is 0.839. The van der Waals surface area contributed by atoms with Crippen LogP contribution in [-0.2, 0) is 11.8 Å². The zero-order chi connectivity index (χ0) is 11.9. The maximum atomic E-state index is 11.0. The van der Waals surface area contributed by atoms with Gasteiger partial charge in [-0.1, -0.05) is 12.1 Å². The first-order chi connectivity index (χ1) is 7.52. The van der Waals surface area contributed by atoms with Crippen LogP contribution in [0.25, 0.3) is 11.0 Å². The second kappa shape index (κ2) is 3.63. The number of para-hydroxylation sites is 1. The highest BCUT2D eigenvalue weighted by Crippen LogP contribution is 2.23. The van der Waals surface area contributed by atoms with E-state index in [0.29, 0.717) is 5.82 Å². The number of carboxylic acid groups (broad SMARTS) is 1. The molecular weight excluding hydrogens is 204 g/mol. The Bertz CT molecular complexity index is 557. The van der Waals surface area contributed by atoms with E-state index in [4.69, 9.17) is 5.11 Å². The highest BCUT2D eigenvalue weighted by Gasteiger charge is 2.20. The third kappa shape index (κ3) is 1.46. The number of fused-ring (bicyclic) bond motifs is 1. The highest BCUT2D eigenvalue weighted by atomic mass is 16.4. The molecule has 1 atom stereocenters. The fourth-order valence-corrected chi connectivity index (χ4v) is 1.98. The molecule has 0 aliphatic heterocycles. The van der Waals surface area contributed by atoms with Gasteiger partial charge in [0.15, 0.2) is 0 Å². The number of aliphatic carboxylic acids is 1. The lowest BCUT2D eigenvalue weighted by atomic mass is 10.2. The minimum atomic E-state index is -0.851. The summed E-state index contributed by atoms with van der Waals surface area (Å²) in [7, 11) is 1.86. The number of carboxylic acids is 1. The first kappa shape index (κ1) is 10.7. The number of aromatic nitrogens is 2. The lowest BCUT2D eigenvalue weighted by Gasteiger charge is -2.06. The Balaban J connectivity index is 2.70. The maximum Gasteiger partial charge on any atom is 0.313 e. The van der Waals surface area contributed by atoms with Crippen LogP contribution in [0.5, 0.6) is 0 Å². The van der Waals surface area contributed by atoms with Crippen molar-refractivity contribution in [2.75, 3.05) is 0 Å². The van der Waals surface area contributed by atoms with Crippen LogP contribution in [0, 0.1) is 6.92 Å². The molecule has 4 heteroatoms. The topological polar surface area (TPSA) is 55.1 Å². The van der Waals surface area contributed by atoms with Crippen molar-refractivity contribution in [2.45, 2.75) is 19.8 Å². The van der Waals surface area contributed by atoms with Crippen molar-refractivity contribution in [3.63, 3.8) is 0 Å². The molecule has 0 amide bonds. The first-order valence-corrected chi connectivity index (χ1v) is 5.17. The molecule has 1 aromatic carbocycles. The molecule has 1 unspecified atom stereocenters. The number of hydrogen-bond acceptors (Lipinski definition) is 2. The number of aryl methyl sites for hydroxylation is 2. The molecule has 4 nitrogen and oxygen atoms in total. The van der Waals surface area contributed by atoms with Crippen molar-refractivity contribution in [3.05, 3.63) is 29.6 Å². The number of carbonyl (C=O) groups is 1. The standard InChI is InChI=1S/C12H14N2O2/c1-7-5-4-6-9-10(7)14(3)11(13-9)8(2)12(15)16/h4-6,8H,1-3H3,(H,15,16). The summed E-state index contributed by atoms with van der Waals surface area (Å²) in [6, 6.07) is 5.83. The molecule has 2 rings (SSSR count). The second-order valence-electron chi connectivity index (χ2n) is 4.03. The molecule has 0 fully saturated rings. The molecule has 1 N–H and O–H groups in total. The third-order valence-electron chi connectivity index (χ3n) is 2.89. The molecule has 0 aliphatic rings. The monoisotopic (exact) mass is 218 g/mol. The molecule has 84 valence electrons. The van der Waals surface area contributed by atoms with E-state index in [1.807, 2.05) is 36.7 Å². The first-order valence-electron chi connectivity index (χ1n) is 5.17. The van der Waals surface area contributed by atoms with Gasteiger partial charge >= 0.3 is 5.97 Å². The van der Waals surface area contributed by atoms with Gasteiger partial charge in [-0.25, -0.2) is 4.98 Å². The summed E-state index contributed by atoms with van der Waals surface area (Å²) < 4.78 is 1.86. The number of benzene rings is 1. The summed E-state index contributed by atoms with van der Waals surface area (Å²) in [5.74, 6) is -0.843. The predicted octanol–water partition coefficient (Wildman–Crippen LogP) is 2.07. The van der Waals surface area contributed by atoms with Crippen molar-refractivity contribution in [1.82, 2.24) is 9.55 Å². The summed E-state index contributed by atoms with van der Waals surface area (Å²) in [4.78, 5) is 15.3. The van der Waals surface area contributed by atoms with Gasteiger partial charge in [-0.2, -0.15) is 0 Å². The molecule has 1 heterocycles. The van der Waals surface area contributed by atoms with Crippen molar-refractivity contribution in [2.24, 2.45) is 7.05 Å².